The average molecular weight is 378 g/mol. The van der Waals surface area contributed by atoms with Crippen molar-refractivity contribution in [2.24, 2.45) is 5.92 Å². The van der Waals surface area contributed by atoms with Crippen molar-refractivity contribution in [2.75, 3.05) is 26.7 Å². The molecular formula is C19H24F2N4O2. The molecule has 2 saturated heterocycles. The zero-order valence-electron chi connectivity index (χ0n) is 15.4. The quantitative estimate of drug-likeness (QED) is 0.777. The third kappa shape index (κ3) is 3.81. The SMILES string of the molecule is CN(Cc1cccnc1)C(=O)[C@@H]1CC(F)(F)CN1C1CN(C(=O)C2CC2)C1. The van der Waals surface area contributed by atoms with Crippen molar-refractivity contribution in [1.29, 1.82) is 0 Å². The Morgan fingerprint density at radius 1 is 1.33 bits per heavy atom. The summed E-state index contributed by atoms with van der Waals surface area (Å²) in [4.78, 5) is 33.8. The molecule has 1 aromatic rings. The molecule has 2 aliphatic heterocycles. The number of halogens is 2. The highest BCUT2D eigenvalue weighted by molar-refractivity contribution is 5.83. The molecule has 2 amide bonds. The van der Waals surface area contributed by atoms with Gasteiger partial charge in [0, 0.05) is 57.5 Å². The Hall–Kier alpha value is -2.09. The van der Waals surface area contributed by atoms with Crippen molar-refractivity contribution in [3.63, 3.8) is 0 Å². The Kier molecular flexibility index (Phi) is 4.61. The van der Waals surface area contributed by atoms with Gasteiger partial charge >= 0.3 is 0 Å². The van der Waals surface area contributed by atoms with Crippen LogP contribution in [0.15, 0.2) is 24.5 Å². The summed E-state index contributed by atoms with van der Waals surface area (Å²) in [5.41, 5.74) is 0.856. The fourth-order valence-electron chi connectivity index (χ4n) is 3.99. The summed E-state index contributed by atoms with van der Waals surface area (Å²) in [5.74, 6) is -2.91. The van der Waals surface area contributed by atoms with E-state index in [0.29, 0.717) is 19.6 Å². The highest BCUT2D eigenvalue weighted by Gasteiger charge is 2.53. The van der Waals surface area contributed by atoms with Gasteiger partial charge in [0.15, 0.2) is 0 Å². The summed E-state index contributed by atoms with van der Waals surface area (Å²) >= 11 is 0. The average Bonchev–Trinajstić information content (AvgIpc) is 3.38. The van der Waals surface area contributed by atoms with Crippen LogP contribution in [0.5, 0.6) is 0 Å². The van der Waals surface area contributed by atoms with E-state index in [2.05, 4.69) is 4.98 Å². The van der Waals surface area contributed by atoms with Gasteiger partial charge in [0.1, 0.15) is 0 Å². The largest absolute Gasteiger partial charge is 0.340 e. The van der Waals surface area contributed by atoms with Gasteiger partial charge in [-0.1, -0.05) is 6.07 Å². The smallest absolute Gasteiger partial charge is 0.262 e. The lowest BCUT2D eigenvalue weighted by Gasteiger charge is -2.46. The normalized spacial score (nSPS) is 25.3. The number of rotatable bonds is 5. The van der Waals surface area contributed by atoms with E-state index in [-0.39, 0.29) is 23.8 Å². The molecule has 6 nitrogen and oxygen atoms in total. The number of nitrogens with zero attached hydrogens (tertiary/aromatic N) is 4. The van der Waals surface area contributed by atoms with Crippen molar-refractivity contribution >= 4 is 11.8 Å². The second-order valence-corrected chi connectivity index (χ2v) is 7.98. The number of carbonyl (C=O) groups excluding carboxylic acids is 2. The summed E-state index contributed by atoms with van der Waals surface area (Å²) in [6.45, 7) is 0.808. The third-order valence-electron chi connectivity index (χ3n) is 5.68. The maximum atomic E-state index is 14.1. The van der Waals surface area contributed by atoms with Gasteiger partial charge in [-0.05, 0) is 24.5 Å². The van der Waals surface area contributed by atoms with Crippen LogP contribution in [0.1, 0.15) is 24.8 Å². The Balaban J connectivity index is 1.40. The Morgan fingerprint density at radius 3 is 2.70 bits per heavy atom. The van der Waals surface area contributed by atoms with Crippen LogP contribution in [0.4, 0.5) is 8.78 Å². The first kappa shape index (κ1) is 18.3. The zero-order chi connectivity index (χ0) is 19.2. The van der Waals surface area contributed by atoms with Gasteiger partial charge in [-0.2, -0.15) is 0 Å². The molecule has 3 fully saturated rings. The third-order valence-corrected chi connectivity index (χ3v) is 5.68. The minimum atomic E-state index is -2.88. The molecule has 0 aromatic carbocycles. The second kappa shape index (κ2) is 6.82. The molecule has 0 unspecified atom stereocenters. The number of carbonyl (C=O) groups is 2. The van der Waals surface area contributed by atoms with Gasteiger partial charge in [0.2, 0.25) is 11.8 Å². The van der Waals surface area contributed by atoms with Gasteiger partial charge in [-0.25, -0.2) is 8.78 Å². The van der Waals surface area contributed by atoms with Crippen LogP contribution in [0.2, 0.25) is 0 Å². The van der Waals surface area contributed by atoms with Crippen LogP contribution in [0, 0.1) is 5.92 Å². The first-order valence-corrected chi connectivity index (χ1v) is 9.40. The van der Waals surface area contributed by atoms with E-state index in [9.17, 15) is 18.4 Å². The van der Waals surface area contributed by atoms with Gasteiger partial charge in [-0.15, -0.1) is 0 Å². The van der Waals surface area contributed by atoms with E-state index in [4.69, 9.17) is 0 Å². The molecule has 1 aromatic heterocycles. The first-order valence-electron chi connectivity index (χ1n) is 9.40. The molecule has 4 rings (SSSR count). The Morgan fingerprint density at radius 2 is 2.07 bits per heavy atom. The number of pyridine rings is 1. The standard InChI is InChI=1S/C19H24F2N4O2/c1-23(9-13-3-2-6-22-8-13)18(27)16-7-19(20,21)12-25(16)15-10-24(11-15)17(26)14-4-5-14/h2-3,6,8,14-16H,4-5,7,9-12H2,1H3/t16-/m0/s1. The van der Waals surface area contributed by atoms with E-state index in [1.807, 2.05) is 6.07 Å². The molecule has 3 aliphatic rings. The Labute approximate surface area is 157 Å². The van der Waals surface area contributed by atoms with Gasteiger partial charge in [0.25, 0.3) is 5.92 Å². The molecule has 0 spiro atoms. The molecule has 0 N–H and O–H groups in total. The predicted molar refractivity (Wildman–Crippen MR) is 93.9 cm³/mol. The summed E-state index contributed by atoms with van der Waals surface area (Å²) in [6.07, 6.45) is 4.72. The van der Waals surface area contributed by atoms with E-state index >= 15 is 0 Å². The molecule has 27 heavy (non-hydrogen) atoms. The number of amides is 2. The highest BCUT2D eigenvalue weighted by atomic mass is 19.3. The number of aromatic nitrogens is 1. The molecule has 146 valence electrons. The molecular weight excluding hydrogens is 354 g/mol. The summed E-state index contributed by atoms with van der Waals surface area (Å²) in [7, 11) is 1.63. The van der Waals surface area contributed by atoms with E-state index in [1.54, 1.807) is 35.3 Å². The summed E-state index contributed by atoms with van der Waals surface area (Å²) < 4.78 is 28.2. The number of hydrogen-bond donors (Lipinski definition) is 0. The number of hydrogen-bond acceptors (Lipinski definition) is 4. The fraction of sp³-hybridized carbons (Fsp3) is 0.632. The van der Waals surface area contributed by atoms with Crippen molar-refractivity contribution in [2.45, 2.75) is 43.8 Å². The second-order valence-electron chi connectivity index (χ2n) is 7.98. The van der Waals surface area contributed by atoms with Crippen LogP contribution in [-0.2, 0) is 16.1 Å². The molecule has 1 atom stereocenters. The van der Waals surface area contributed by atoms with E-state index in [1.165, 1.54) is 4.90 Å². The minimum absolute atomic E-state index is 0.133. The van der Waals surface area contributed by atoms with Crippen LogP contribution in [0.25, 0.3) is 0 Å². The lowest BCUT2D eigenvalue weighted by molar-refractivity contribution is -0.143. The topological polar surface area (TPSA) is 56.8 Å². The van der Waals surface area contributed by atoms with Crippen molar-refractivity contribution in [3.8, 4) is 0 Å². The molecule has 8 heteroatoms. The maximum absolute atomic E-state index is 14.1. The minimum Gasteiger partial charge on any atom is -0.340 e. The lowest BCUT2D eigenvalue weighted by Crippen LogP contribution is -2.64. The van der Waals surface area contributed by atoms with Crippen molar-refractivity contribution in [1.82, 2.24) is 19.7 Å². The first-order chi connectivity index (χ1) is 12.8. The maximum Gasteiger partial charge on any atom is 0.262 e. The molecule has 1 saturated carbocycles. The highest BCUT2D eigenvalue weighted by Crippen LogP contribution is 2.38. The lowest BCUT2D eigenvalue weighted by atomic mass is 10.0. The summed E-state index contributed by atoms with van der Waals surface area (Å²) in [6, 6.07) is 2.63. The van der Waals surface area contributed by atoms with Crippen LogP contribution >= 0.6 is 0 Å². The van der Waals surface area contributed by atoms with E-state index < -0.39 is 24.9 Å². The van der Waals surface area contributed by atoms with Crippen LogP contribution < -0.4 is 0 Å². The van der Waals surface area contributed by atoms with E-state index in [0.717, 1.165) is 18.4 Å². The molecule has 1 aliphatic carbocycles. The number of likely N-dealkylation sites (N-methyl/N-ethyl adjacent to an activating group) is 1. The monoisotopic (exact) mass is 378 g/mol. The molecule has 0 radical (unpaired) electrons. The van der Waals surface area contributed by atoms with Crippen LogP contribution in [-0.4, -0.2) is 76.2 Å². The van der Waals surface area contributed by atoms with Gasteiger partial charge in [0.05, 0.1) is 12.6 Å². The Bertz CT molecular complexity index is 720. The number of alkyl halides is 2. The van der Waals surface area contributed by atoms with Crippen molar-refractivity contribution < 1.29 is 18.4 Å². The molecule has 0 bridgehead atoms. The van der Waals surface area contributed by atoms with Crippen molar-refractivity contribution in [3.05, 3.63) is 30.1 Å². The predicted octanol–water partition coefficient (Wildman–Crippen LogP) is 1.37. The molecule has 3 heterocycles. The van der Waals surface area contributed by atoms with Gasteiger partial charge < -0.3 is 9.80 Å². The van der Waals surface area contributed by atoms with Crippen LogP contribution in [0.3, 0.4) is 0 Å². The number of likely N-dealkylation sites (tertiary alicyclic amines) is 2. The summed E-state index contributed by atoms with van der Waals surface area (Å²) in [5, 5.41) is 0. The zero-order valence-corrected chi connectivity index (χ0v) is 15.4. The van der Waals surface area contributed by atoms with Gasteiger partial charge in [-0.3, -0.25) is 19.5 Å². The fourth-order valence-corrected chi connectivity index (χ4v) is 3.99.